The number of benzene rings is 1. The average Bonchev–Trinajstić information content (AvgIpc) is 2.49. The quantitative estimate of drug-likeness (QED) is 0.904. The van der Waals surface area contributed by atoms with Gasteiger partial charge >= 0.3 is 0 Å². The molecule has 2 rings (SSSR count). The summed E-state index contributed by atoms with van der Waals surface area (Å²) in [6.07, 6.45) is 1.62. The van der Waals surface area contributed by atoms with Crippen molar-refractivity contribution in [2.45, 2.75) is 32.2 Å². The highest BCUT2D eigenvalue weighted by Gasteiger charge is 2.18. The molecule has 0 unspecified atom stereocenters. The van der Waals surface area contributed by atoms with Crippen molar-refractivity contribution < 1.29 is 8.42 Å². The molecule has 23 heavy (non-hydrogen) atoms. The fourth-order valence-corrected chi connectivity index (χ4v) is 3.47. The molecule has 0 radical (unpaired) electrons. The van der Waals surface area contributed by atoms with Crippen molar-refractivity contribution >= 4 is 15.8 Å². The second kappa shape index (κ2) is 6.64. The van der Waals surface area contributed by atoms with Crippen LogP contribution < -0.4 is 9.62 Å². The van der Waals surface area contributed by atoms with Gasteiger partial charge in [0.1, 0.15) is 11.6 Å². The molecule has 1 aromatic carbocycles. The summed E-state index contributed by atoms with van der Waals surface area (Å²) in [6, 6.07) is 5.35. The second-order valence-electron chi connectivity index (χ2n) is 5.75. The van der Waals surface area contributed by atoms with Crippen LogP contribution in [0, 0.1) is 20.8 Å². The fraction of sp³-hybridized carbons (Fsp3) is 0.375. The summed E-state index contributed by atoms with van der Waals surface area (Å²) in [5.41, 5.74) is 2.74. The van der Waals surface area contributed by atoms with Crippen LogP contribution in [-0.2, 0) is 16.6 Å². The molecule has 0 bridgehead atoms. The molecule has 1 aromatic heterocycles. The molecule has 6 nitrogen and oxygen atoms in total. The number of aryl methyl sites for hydroxylation is 3. The van der Waals surface area contributed by atoms with Gasteiger partial charge in [0.15, 0.2) is 0 Å². The number of hydrogen-bond acceptors (Lipinski definition) is 5. The Morgan fingerprint density at radius 1 is 1.09 bits per heavy atom. The third-order valence-corrected chi connectivity index (χ3v) is 5.19. The first-order chi connectivity index (χ1) is 10.7. The second-order valence-corrected chi connectivity index (χ2v) is 7.49. The van der Waals surface area contributed by atoms with Crippen LogP contribution in [0.2, 0.25) is 0 Å². The number of nitrogens with one attached hydrogen (secondary N) is 1. The van der Waals surface area contributed by atoms with Crippen molar-refractivity contribution in [3.8, 4) is 0 Å². The van der Waals surface area contributed by atoms with Crippen molar-refractivity contribution in [2.75, 3.05) is 19.0 Å². The number of rotatable bonds is 5. The number of aromatic nitrogens is 2. The van der Waals surface area contributed by atoms with Crippen LogP contribution in [0.3, 0.4) is 0 Å². The van der Waals surface area contributed by atoms with Crippen LogP contribution in [0.25, 0.3) is 0 Å². The highest BCUT2D eigenvalue weighted by molar-refractivity contribution is 7.89. The Labute approximate surface area is 137 Å². The van der Waals surface area contributed by atoms with Crippen LogP contribution in [0.5, 0.6) is 0 Å². The normalized spacial score (nSPS) is 11.5. The molecule has 0 aliphatic rings. The highest BCUT2D eigenvalue weighted by Crippen LogP contribution is 2.20. The smallest absolute Gasteiger partial charge is 0.241 e. The topological polar surface area (TPSA) is 75.2 Å². The molecule has 2 aromatic rings. The molecule has 0 atom stereocenters. The van der Waals surface area contributed by atoms with E-state index in [1.54, 1.807) is 25.3 Å². The summed E-state index contributed by atoms with van der Waals surface area (Å²) in [5.74, 6) is 1.16. The van der Waals surface area contributed by atoms with Gasteiger partial charge in [-0.3, -0.25) is 0 Å². The number of nitrogens with zero attached hydrogens (tertiary/aromatic N) is 3. The van der Waals surface area contributed by atoms with E-state index in [0.29, 0.717) is 10.7 Å². The Hall–Kier alpha value is -1.99. The SMILES string of the molecule is Cc1cc(C)c(S(=O)(=O)NCc2nccc(N(C)C)n2)cc1C. The summed E-state index contributed by atoms with van der Waals surface area (Å²) >= 11 is 0. The lowest BCUT2D eigenvalue weighted by Crippen LogP contribution is -2.25. The maximum absolute atomic E-state index is 12.5. The molecular weight excluding hydrogens is 312 g/mol. The standard InChI is InChI=1S/C16H22N4O2S/c1-11-8-13(3)14(9-12(11)2)23(21,22)18-10-15-17-7-6-16(19-15)20(4)5/h6-9,18H,10H2,1-5H3. The van der Waals surface area contributed by atoms with E-state index in [-0.39, 0.29) is 6.54 Å². The monoisotopic (exact) mass is 334 g/mol. The van der Waals surface area contributed by atoms with Gasteiger partial charge in [-0.15, -0.1) is 0 Å². The fourth-order valence-electron chi connectivity index (χ4n) is 2.18. The molecule has 0 saturated heterocycles. The Kier molecular flexibility index (Phi) is 5.01. The molecule has 1 heterocycles. The molecule has 1 N–H and O–H groups in total. The lowest BCUT2D eigenvalue weighted by molar-refractivity contribution is 0.578. The van der Waals surface area contributed by atoms with Gasteiger partial charge in [-0.1, -0.05) is 6.07 Å². The Morgan fingerprint density at radius 3 is 2.39 bits per heavy atom. The van der Waals surface area contributed by atoms with E-state index >= 15 is 0 Å². The average molecular weight is 334 g/mol. The molecule has 0 aliphatic heterocycles. The van der Waals surface area contributed by atoms with Crippen LogP contribution in [-0.4, -0.2) is 32.5 Å². The summed E-state index contributed by atoms with van der Waals surface area (Å²) in [7, 11) is 0.134. The largest absolute Gasteiger partial charge is 0.363 e. The highest BCUT2D eigenvalue weighted by atomic mass is 32.2. The van der Waals surface area contributed by atoms with E-state index in [1.165, 1.54) is 0 Å². The molecule has 124 valence electrons. The van der Waals surface area contributed by atoms with E-state index in [4.69, 9.17) is 0 Å². The summed E-state index contributed by atoms with van der Waals surface area (Å²) < 4.78 is 27.6. The van der Waals surface area contributed by atoms with Gasteiger partial charge in [-0.25, -0.2) is 23.1 Å². The molecule has 0 spiro atoms. The zero-order chi connectivity index (χ0) is 17.2. The molecule has 0 saturated carbocycles. The van der Waals surface area contributed by atoms with E-state index in [2.05, 4.69) is 14.7 Å². The van der Waals surface area contributed by atoms with E-state index in [1.807, 2.05) is 38.9 Å². The first kappa shape index (κ1) is 17.4. The van der Waals surface area contributed by atoms with Gasteiger partial charge in [0, 0.05) is 20.3 Å². The van der Waals surface area contributed by atoms with Crippen molar-refractivity contribution in [3.05, 3.63) is 46.9 Å². The summed E-state index contributed by atoms with van der Waals surface area (Å²) in [5, 5.41) is 0. The lowest BCUT2D eigenvalue weighted by Gasteiger charge is -2.13. The maximum atomic E-state index is 12.5. The van der Waals surface area contributed by atoms with Gasteiger partial charge in [0.25, 0.3) is 0 Å². The first-order valence-electron chi connectivity index (χ1n) is 7.27. The minimum Gasteiger partial charge on any atom is -0.363 e. The third-order valence-electron chi connectivity index (χ3n) is 3.65. The molecular formula is C16H22N4O2S. The maximum Gasteiger partial charge on any atom is 0.241 e. The van der Waals surface area contributed by atoms with Gasteiger partial charge < -0.3 is 4.90 Å². The number of sulfonamides is 1. The van der Waals surface area contributed by atoms with E-state index < -0.39 is 10.0 Å². The first-order valence-corrected chi connectivity index (χ1v) is 8.76. The summed E-state index contributed by atoms with van der Waals surface area (Å²) in [6.45, 7) is 5.71. The van der Waals surface area contributed by atoms with Gasteiger partial charge in [-0.2, -0.15) is 0 Å². The molecule has 0 fully saturated rings. The Balaban J connectivity index is 2.23. The lowest BCUT2D eigenvalue weighted by atomic mass is 10.1. The van der Waals surface area contributed by atoms with Crippen LogP contribution in [0.4, 0.5) is 5.82 Å². The van der Waals surface area contributed by atoms with E-state index in [9.17, 15) is 8.42 Å². The van der Waals surface area contributed by atoms with E-state index in [0.717, 1.165) is 22.5 Å². The molecule has 0 amide bonds. The van der Waals surface area contributed by atoms with Crippen molar-refractivity contribution in [1.29, 1.82) is 0 Å². The number of anilines is 1. The number of hydrogen-bond donors (Lipinski definition) is 1. The van der Waals surface area contributed by atoms with Crippen molar-refractivity contribution in [3.63, 3.8) is 0 Å². The summed E-state index contributed by atoms with van der Waals surface area (Å²) in [4.78, 5) is 10.6. The molecule has 7 heteroatoms. The minimum atomic E-state index is -3.61. The predicted molar refractivity (Wildman–Crippen MR) is 91.0 cm³/mol. The van der Waals surface area contributed by atoms with Crippen LogP contribution >= 0.6 is 0 Å². The zero-order valence-corrected chi connectivity index (χ0v) is 14.9. The Morgan fingerprint density at radius 2 is 1.74 bits per heavy atom. The minimum absolute atomic E-state index is 0.0520. The van der Waals surface area contributed by atoms with Crippen LogP contribution in [0.1, 0.15) is 22.5 Å². The van der Waals surface area contributed by atoms with Crippen molar-refractivity contribution in [2.24, 2.45) is 0 Å². The Bertz CT molecular complexity index is 817. The zero-order valence-electron chi connectivity index (χ0n) is 14.1. The van der Waals surface area contributed by atoms with Gasteiger partial charge in [-0.05, 0) is 49.6 Å². The molecule has 0 aliphatic carbocycles. The van der Waals surface area contributed by atoms with Gasteiger partial charge in [0.05, 0.1) is 11.4 Å². The predicted octanol–water partition coefficient (Wildman–Crippen LogP) is 1.95. The van der Waals surface area contributed by atoms with Crippen LogP contribution in [0.15, 0.2) is 29.3 Å². The van der Waals surface area contributed by atoms with Crippen molar-refractivity contribution in [1.82, 2.24) is 14.7 Å². The third kappa shape index (κ3) is 4.05. The van der Waals surface area contributed by atoms with Gasteiger partial charge in [0.2, 0.25) is 10.0 Å².